The summed E-state index contributed by atoms with van der Waals surface area (Å²) in [7, 11) is -3.89. The van der Waals surface area contributed by atoms with Crippen LogP contribution < -0.4 is 10.0 Å². The first-order chi connectivity index (χ1) is 13.9. The first-order valence-electron chi connectivity index (χ1n) is 9.09. The summed E-state index contributed by atoms with van der Waals surface area (Å²) < 4.78 is 28.1. The van der Waals surface area contributed by atoms with Gasteiger partial charge in [0.1, 0.15) is 0 Å². The number of aromatic carboxylic acids is 1. The Morgan fingerprint density at radius 2 is 1.59 bits per heavy atom. The van der Waals surface area contributed by atoms with E-state index in [0.29, 0.717) is 12.2 Å². The average Bonchev–Trinajstić information content (AvgIpc) is 2.73. The van der Waals surface area contributed by atoms with Crippen LogP contribution in [-0.2, 0) is 16.6 Å². The van der Waals surface area contributed by atoms with E-state index in [-0.39, 0.29) is 10.5 Å². The lowest BCUT2D eigenvalue weighted by Crippen LogP contribution is -2.27. The van der Waals surface area contributed by atoms with E-state index in [1.165, 1.54) is 18.2 Å². The van der Waals surface area contributed by atoms with Gasteiger partial charge in [0.25, 0.3) is 0 Å². The first kappa shape index (κ1) is 20.6. The molecule has 0 saturated carbocycles. The van der Waals surface area contributed by atoms with Crippen LogP contribution in [0, 0.1) is 0 Å². The molecule has 0 amide bonds. The minimum absolute atomic E-state index is 0.0945. The van der Waals surface area contributed by atoms with Gasteiger partial charge in [-0.3, -0.25) is 0 Å². The average molecular weight is 410 g/mol. The second-order valence-electron chi connectivity index (χ2n) is 6.61. The molecule has 0 spiro atoms. The van der Waals surface area contributed by atoms with Crippen LogP contribution in [0.15, 0.2) is 83.8 Å². The SMILES string of the molecule is CC(NS(=O)(=O)c1ccc(NCc2ccccc2)c(C(=O)O)c1)c1ccccc1. The summed E-state index contributed by atoms with van der Waals surface area (Å²) in [5, 5.41) is 12.6. The van der Waals surface area contributed by atoms with Crippen LogP contribution in [0.5, 0.6) is 0 Å². The third-order valence-electron chi connectivity index (χ3n) is 4.49. The fourth-order valence-corrected chi connectivity index (χ4v) is 4.18. The predicted octanol–water partition coefficient (Wildman–Crippen LogP) is 4.04. The number of carboxylic acids is 1. The molecule has 0 radical (unpaired) electrons. The Bertz CT molecular complexity index is 1080. The topological polar surface area (TPSA) is 95.5 Å². The van der Waals surface area contributed by atoms with E-state index < -0.39 is 22.0 Å². The van der Waals surface area contributed by atoms with E-state index in [4.69, 9.17) is 0 Å². The van der Waals surface area contributed by atoms with Crippen LogP contribution >= 0.6 is 0 Å². The van der Waals surface area contributed by atoms with Gasteiger partial charge < -0.3 is 10.4 Å². The molecule has 0 saturated heterocycles. The summed E-state index contributed by atoms with van der Waals surface area (Å²) >= 11 is 0. The van der Waals surface area contributed by atoms with Crippen molar-refractivity contribution in [2.75, 3.05) is 5.32 Å². The third-order valence-corrected chi connectivity index (χ3v) is 6.03. The van der Waals surface area contributed by atoms with Crippen molar-refractivity contribution in [2.45, 2.75) is 24.4 Å². The fraction of sp³-hybridized carbons (Fsp3) is 0.136. The summed E-state index contributed by atoms with van der Waals surface area (Å²) in [4.78, 5) is 11.6. The molecule has 0 heterocycles. The smallest absolute Gasteiger partial charge is 0.337 e. The maximum atomic E-state index is 12.8. The zero-order chi connectivity index (χ0) is 20.9. The van der Waals surface area contributed by atoms with Crippen molar-refractivity contribution in [2.24, 2.45) is 0 Å². The molecule has 6 nitrogen and oxygen atoms in total. The number of hydrogen-bond donors (Lipinski definition) is 3. The Hall–Kier alpha value is -3.16. The number of hydrogen-bond acceptors (Lipinski definition) is 4. The molecule has 0 aliphatic rings. The second kappa shape index (κ2) is 8.89. The van der Waals surface area contributed by atoms with Crippen LogP contribution in [0.4, 0.5) is 5.69 Å². The standard InChI is InChI=1S/C22H22N2O4S/c1-16(18-10-6-3-7-11-18)24-29(27,28)19-12-13-21(20(14-19)22(25)26)23-15-17-8-4-2-5-9-17/h2-14,16,23-24H,15H2,1H3,(H,25,26). The summed E-state index contributed by atoms with van der Waals surface area (Å²) in [6.45, 7) is 2.16. The van der Waals surface area contributed by atoms with Crippen LogP contribution in [0.3, 0.4) is 0 Å². The molecule has 3 aromatic rings. The van der Waals surface area contributed by atoms with E-state index in [2.05, 4.69) is 10.0 Å². The number of nitrogens with one attached hydrogen (secondary N) is 2. The predicted molar refractivity (Wildman–Crippen MR) is 112 cm³/mol. The minimum atomic E-state index is -3.89. The highest BCUT2D eigenvalue weighted by molar-refractivity contribution is 7.89. The van der Waals surface area contributed by atoms with Crippen LogP contribution in [0.2, 0.25) is 0 Å². The van der Waals surface area contributed by atoms with Gasteiger partial charge in [-0.2, -0.15) is 0 Å². The van der Waals surface area contributed by atoms with E-state index in [9.17, 15) is 18.3 Å². The summed E-state index contributed by atoms with van der Waals surface area (Å²) in [5.41, 5.74) is 2.06. The largest absolute Gasteiger partial charge is 0.478 e. The van der Waals surface area contributed by atoms with E-state index in [0.717, 1.165) is 11.1 Å². The molecule has 1 atom stereocenters. The highest BCUT2D eigenvalue weighted by Crippen LogP contribution is 2.23. The third kappa shape index (κ3) is 5.22. The normalized spacial score (nSPS) is 12.3. The maximum Gasteiger partial charge on any atom is 0.337 e. The zero-order valence-electron chi connectivity index (χ0n) is 15.9. The number of benzene rings is 3. The van der Waals surface area contributed by atoms with Crippen molar-refractivity contribution in [3.05, 3.63) is 95.6 Å². The van der Waals surface area contributed by atoms with Gasteiger partial charge in [-0.15, -0.1) is 0 Å². The Balaban J connectivity index is 1.82. The number of carboxylic acid groups (broad SMARTS) is 1. The van der Waals surface area contributed by atoms with Crippen molar-refractivity contribution in [1.82, 2.24) is 4.72 Å². The van der Waals surface area contributed by atoms with Crippen LogP contribution in [-0.4, -0.2) is 19.5 Å². The number of anilines is 1. The molecule has 0 fully saturated rings. The van der Waals surface area contributed by atoms with Crippen molar-refractivity contribution in [3.63, 3.8) is 0 Å². The number of rotatable bonds is 8. The van der Waals surface area contributed by atoms with Crippen LogP contribution in [0.25, 0.3) is 0 Å². The minimum Gasteiger partial charge on any atom is -0.478 e. The van der Waals surface area contributed by atoms with Gasteiger partial charge in [-0.25, -0.2) is 17.9 Å². The van der Waals surface area contributed by atoms with Crippen molar-refractivity contribution in [3.8, 4) is 0 Å². The number of carbonyl (C=O) groups is 1. The highest BCUT2D eigenvalue weighted by Gasteiger charge is 2.21. The van der Waals surface area contributed by atoms with Gasteiger partial charge in [-0.1, -0.05) is 60.7 Å². The van der Waals surface area contributed by atoms with Gasteiger partial charge in [-0.05, 0) is 36.2 Å². The molecular weight excluding hydrogens is 388 g/mol. The van der Waals surface area contributed by atoms with Crippen molar-refractivity contribution in [1.29, 1.82) is 0 Å². The van der Waals surface area contributed by atoms with E-state index in [1.54, 1.807) is 6.92 Å². The monoisotopic (exact) mass is 410 g/mol. The van der Waals surface area contributed by atoms with E-state index >= 15 is 0 Å². The molecule has 0 bridgehead atoms. The molecule has 3 N–H and O–H groups in total. The lowest BCUT2D eigenvalue weighted by Gasteiger charge is -2.16. The Morgan fingerprint density at radius 3 is 2.21 bits per heavy atom. The van der Waals surface area contributed by atoms with Gasteiger partial charge in [0.2, 0.25) is 10.0 Å². The molecule has 3 aromatic carbocycles. The van der Waals surface area contributed by atoms with Crippen molar-refractivity contribution >= 4 is 21.7 Å². The first-order valence-corrected chi connectivity index (χ1v) is 10.6. The lowest BCUT2D eigenvalue weighted by molar-refractivity contribution is 0.0697. The summed E-state index contributed by atoms with van der Waals surface area (Å²) in [6, 6.07) is 22.3. The molecule has 150 valence electrons. The van der Waals surface area contributed by atoms with Gasteiger partial charge in [0.05, 0.1) is 10.5 Å². The lowest BCUT2D eigenvalue weighted by atomic mass is 10.1. The molecule has 0 aliphatic carbocycles. The fourth-order valence-electron chi connectivity index (χ4n) is 2.93. The molecule has 3 rings (SSSR count). The Labute approximate surface area is 170 Å². The molecule has 0 aliphatic heterocycles. The Kier molecular flexibility index (Phi) is 6.31. The van der Waals surface area contributed by atoms with Gasteiger partial charge in [0, 0.05) is 18.3 Å². The zero-order valence-corrected chi connectivity index (χ0v) is 16.7. The molecule has 0 aromatic heterocycles. The molecule has 29 heavy (non-hydrogen) atoms. The molecule has 1 unspecified atom stereocenters. The number of sulfonamides is 1. The quantitative estimate of drug-likeness (QED) is 0.521. The maximum absolute atomic E-state index is 12.8. The second-order valence-corrected chi connectivity index (χ2v) is 8.32. The molecular formula is C22H22N2O4S. The van der Waals surface area contributed by atoms with Crippen molar-refractivity contribution < 1.29 is 18.3 Å². The van der Waals surface area contributed by atoms with Gasteiger partial charge in [0.15, 0.2) is 0 Å². The summed E-state index contributed by atoms with van der Waals surface area (Å²) in [5.74, 6) is -1.20. The summed E-state index contributed by atoms with van der Waals surface area (Å²) in [6.07, 6.45) is 0. The van der Waals surface area contributed by atoms with Gasteiger partial charge >= 0.3 is 5.97 Å². The van der Waals surface area contributed by atoms with E-state index in [1.807, 2.05) is 60.7 Å². The van der Waals surface area contributed by atoms with Crippen LogP contribution in [0.1, 0.15) is 34.5 Å². The molecule has 7 heteroatoms. The Morgan fingerprint density at radius 1 is 0.966 bits per heavy atom. The highest BCUT2D eigenvalue weighted by atomic mass is 32.2.